The van der Waals surface area contributed by atoms with Gasteiger partial charge in [0.05, 0.1) is 6.34 Å². The first-order chi connectivity index (χ1) is 16.7. The molecule has 4 rings (SSSR count). The van der Waals surface area contributed by atoms with Crippen molar-refractivity contribution in [3.63, 3.8) is 0 Å². The molecule has 0 aromatic heterocycles. The molecular weight excluding hydrogens is 450 g/mol. The third-order valence-electron chi connectivity index (χ3n) is 6.34. The zero-order chi connectivity index (χ0) is 25.2. The van der Waals surface area contributed by atoms with Gasteiger partial charge in [-0.3, -0.25) is 25.7 Å². The average molecular weight is 478 g/mol. The molecular formula is C24H27N7O4. The summed E-state index contributed by atoms with van der Waals surface area (Å²) in [5.74, 6) is -0.674. The number of urea groups is 1. The molecule has 1 fully saturated rings. The highest BCUT2D eigenvalue weighted by molar-refractivity contribution is 6.02. The van der Waals surface area contributed by atoms with Gasteiger partial charge in [-0.2, -0.15) is 0 Å². The van der Waals surface area contributed by atoms with Gasteiger partial charge in [0.25, 0.3) is 5.91 Å². The smallest absolute Gasteiger partial charge is 0.319 e. The van der Waals surface area contributed by atoms with Gasteiger partial charge in [0, 0.05) is 48.8 Å². The second-order valence-corrected chi connectivity index (χ2v) is 8.81. The number of carbonyl (C=O) groups is 3. The number of nitrogens with zero attached hydrogens (tertiary/aromatic N) is 2. The number of hydrogen-bond acceptors (Lipinski definition) is 6. The SMILES string of the molecule is CN(C=N)C(=N)c1ccc(NC(=O)NCc2ccc3c(c2)C[N+]([O-])(C2CCC(=O)NC2=O)C3)cc1. The first-order valence-electron chi connectivity index (χ1n) is 11.2. The fourth-order valence-electron chi connectivity index (χ4n) is 4.41. The molecule has 11 heteroatoms. The van der Waals surface area contributed by atoms with Crippen LogP contribution in [0.1, 0.15) is 35.1 Å². The number of rotatable bonds is 6. The number of carbonyl (C=O) groups excluding carboxylic acids is 3. The number of quaternary nitrogens is 1. The second kappa shape index (κ2) is 9.65. The van der Waals surface area contributed by atoms with Crippen LogP contribution >= 0.6 is 0 Å². The van der Waals surface area contributed by atoms with Gasteiger partial charge in [0.2, 0.25) is 5.91 Å². The summed E-state index contributed by atoms with van der Waals surface area (Å²) in [5.41, 5.74) is 3.72. The molecule has 0 saturated carbocycles. The van der Waals surface area contributed by atoms with Gasteiger partial charge in [-0.1, -0.05) is 12.1 Å². The molecule has 2 aromatic carbocycles. The molecule has 5 N–H and O–H groups in total. The summed E-state index contributed by atoms with van der Waals surface area (Å²) in [6, 6.07) is 11.1. The number of anilines is 1. The maximum absolute atomic E-state index is 13.4. The molecule has 2 aliphatic rings. The minimum absolute atomic E-state index is 0.149. The summed E-state index contributed by atoms with van der Waals surface area (Å²) in [4.78, 5) is 37.3. The normalized spacial score (nSPS) is 21.0. The van der Waals surface area contributed by atoms with E-state index in [1.807, 2.05) is 18.2 Å². The standard InChI is InChI=1S/C24H27N7O4/c1-30(14-25)22(26)16-4-6-19(7-5-16)28-24(34)27-11-15-2-3-17-12-31(35,13-18(17)10-15)20-8-9-21(32)29-23(20)33/h2-7,10,14,20,25-26H,8-9,11-13H2,1H3,(H2,27,28,34)(H,29,32,33). The first-order valence-corrected chi connectivity index (χ1v) is 11.2. The molecule has 182 valence electrons. The van der Waals surface area contributed by atoms with Crippen molar-refractivity contribution in [1.82, 2.24) is 15.5 Å². The van der Waals surface area contributed by atoms with Crippen LogP contribution in [-0.4, -0.2) is 52.7 Å². The van der Waals surface area contributed by atoms with Gasteiger partial charge >= 0.3 is 6.03 Å². The third-order valence-corrected chi connectivity index (χ3v) is 6.34. The Kier molecular flexibility index (Phi) is 6.63. The van der Waals surface area contributed by atoms with E-state index >= 15 is 0 Å². The highest BCUT2D eigenvalue weighted by atomic mass is 16.5. The van der Waals surface area contributed by atoms with Crippen LogP contribution in [-0.2, 0) is 29.2 Å². The fraction of sp³-hybridized carbons (Fsp3) is 0.292. The Balaban J connectivity index is 1.32. The minimum Gasteiger partial charge on any atom is -0.632 e. The van der Waals surface area contributed by atoms with E-state index in [4.69, 9.17) is 10.8 Å². The zero-order valence-electron chi connectivity index (χ0n) is 19.3. The zero-order valence-corrected chi connectivity index (χ0v) is 19.3. The van der Waals surface area contributed by atoms with E-state index in [1.165, 1.54) is 4.90 Å². The second-order valence-electron chi connectivity index (χ2n) is 8.81. The van der Waals surface area contributed by atoms with Crippen molar-refractivity contribution in [2.24, 2.45) is 0 Å². The summed E-state index contributed by atoms with van der Waals surface area (Å²) in [5, 5.41) is 36.4. The monoisotopic (exact) mass is 477 g/mol. The molecule has 11 nitrogen and oxygen atoms in total. The van der Waals surface area contributed by atoms with E-state index in [-0.39, 0.29) is 44.2 Å². The minimum atomic E-state index is -0.798. The molecule has 2 heterocycles. The highest BCUT2D eigenvalue weighted by Gasteiger charge is 2.43. The maximum Gasteiger partial charge on any atom is 0.319 e. The van der Waals surface area contributed by atoms with Crippen LogP contribution in [0, 0.1) is 16.0 Å². The number of imide groups is 1. The molecule has 0 bridgehead atoms. The maximum atomic E-state index is 13.4. The summed E-state index contributed by atoms with van der Waals surface area (Å²) in [7, 11) is 1.61. The molecule has 4 amide bonds. The Labute approximate surface area is 202 Å². The molecule has 2 aromatic rings. The van der Waals surface area contributed by atoms with Crippen molar-refractivity contribution in [3.8, 4) is 0 Å². The van der Waals surface area contributed by atoms with E-state index in [1.54, 1.807) is 31.3 Å². The Morgan fingerprint density at radius 3 is 2.60 bits per heavy atom. The van der Waals surface area contributed by atoms with E-state index in [0.29, 0.717) is 11.3 Å². The molecule has 2 aliphatic heterocycles. The summed E-state index contributed by atoms with van der Waals surface area (Å²) < 4.78 is -0.700. The molecule has 2 unspecified atom stereocenters. The lowest BCUT2D eigenvalue weighted by molar-refractivity contribution is -0.916. The summed E-state index contributed by atoms with van der Waals surface area (Å²) in [6.07, 6.45) is 1.47. The highest BCUT2D eigenvalue weighted by Crippen LogP contribution is 2.34. The quantitative estimate of drug-likeness (QED) is 0.141. The summed E-state index contributed by atoms with van der Waals surface area (Å²) in [6.45, 7) is 0.582. The van der Waals surface area contributed by atoms with Crippen LogP contribution in [0.15, 0.2) is 42.5 Å². The van der Waals surface area contributed by atoms with Gasteiger partial charge in [-0.25, -0.2) is 4.79 Å². The van der Waals surface area contributed by atoms with Gasteiger partial charge in [-0.05, 0) is 35.9 Å². The number of amidine groups is 1. The predicted molar refractivity (Wildman–Crippen MR) is 129 cm³/mol. The van der Waals surface area contributed by atoms with Crippen LogP contribution in [0.5, 0.6) is 0 Å². The Morgan fingerprint density at radius 1 is 1.20 bits per heavy atom. The number of piperidine rings is 1. The Morgan fingerprint density at radius 2 is 1.91 bits per heavy atom. The van der Waals surface area contributed by atoms with Crippen molar-refractivity contribution < 1.29 is 19.0 Å². The molecule has 2 atom stereocenters. The molecule has 0 radical (unpaired) electrons. The van der Waals surface area contributed by atoms with Crippen molar-refractivity contribution in [1.29, 1.82) is 10.8 Å². The van der Waals surface area contributed by atoms with Crippen molar-refractivity contribution in [3.05, 3.63) is 69.9 Å². The number of benzene rings is 2. The van der Waals surface area contributed by atoms with Gasteiger partial charge in [0.1, 0.15) is 18.9 Å². The molecule has 1 saturated heterocycles. The predicted octanol–water partition coefficient (Wildman–Crippen LogP) is 2.01. The van der Waals surface area contributed by atoms with Crippen LogP contribution in [0.3, 0.4) is 0 Å². The van der Waals surface area contributed by atoms with Crippen LogP contribution in [0.4, 0.5) is 10.5 Å². The topological polar surface area (TPSA) is 161 Å². The lowest BCUT2D eigenvalue weighted by Crippen LogP contribution is -2.58. The Bertz CT molecular complexity index is 1200. The number of amides is 4. The van der Waals surface area contributed by atoms with Crippen molar-refractivity contribution in [2.75, 3.05) is 12.4 Å². The first kappa shape index (κ1) is 24.0. The van der Waals surface area contributed by atoms with Gasteiger partial charge < -0.3 is 25.4 Å². The van der Waals surface area contributed by atoms with Crippen molar-refractivity contribution >= 4 is 35.7 Å². The average Bonchev–Trinajstić information content (AvgIpc) is 3.18. The number of hydrogen-bond donors (Lipinski definition) is 5. The Hall–Kier alpha value is -4.09. The van der Waals surface area contributed by atoms with Crippen molar-refractivity contribution in [2.45, 2.75) is 38.5 Å². The van der Waals surface area contributed by atoms with Gasteiger partial charge in [0.15, 0.2) is 6.04 Å². The molecule has 0 aliphatic carbocycles. The summed E-state index contributed by atoms with van der Waals surface area (Å²) >= 11 is 0. The number of hydroxylamine groups is 3. The number of fused-ring (bicyclic) bond motifs is 1. The lowest BCUT2D eigenvalue weighted by atomic mass is 10.0. The van der Waals surface area contributed by atoms with Crippen LogP contribution in [0.2, 0.25) is 0 Å². The number of nitrogens with one attached hydrogen (secondary N) is 5. The molecule has 35 heavy (non-hydrogen) atoms. The van der Waals surface area contributed by atoms with Gasteiger partial charge in [-0.15, -0.1) is 0 Å². The van der Waals surface area contributed by atoms with E-state index in [2.05, 4.69) is 16.0 Å². The van der Waals surface area contributed by atoms with E-state index in [0.717, 1.165) is 23.0 Å². The van der Waals surface area contributed by atoms with E-state index < -0.39 is 22.6 Å². The largest absolute Gasteiger partial charge is 0.632 e. The van der Waals surface area contributed by atoms with Crippen LogP contribution < -0.4 is 16.0 Å². The molecule has 0 spiro atoms. The fourth-order valence-corrected chi connectivity index (χ4v) is 4.41. The van der Waals surface area contributed by atoms with E-state index in [9.17, 15) is 19.6 Å². The lowest BCUT2D eigenvalue weighted by Gasteiger charge is -2.45. The third kappa shape index (κ3) is 5.20. The van der Waals surface area contributed by atoms with Crippen LogP contribution in [0.25, 0.3) is 0 Å².